The number of hydrogen-bond donors (Lipinski definition) is 0. The summed E-state index contributed by atoms with van der Waals surface area (Å²) in [6.07, 6.45) is 7.70. The number of aromatic nitrogens is 2. The van der Waals surface area contributed by atoms with Crippen molar-refractivity contribution >= 4 is 11.7 Å². The van der Waals surface area contributed by atoms with Crippen LogP contribution in [-0.2, 0) is 10.3 Å². The number of amides is 2. The van der Waals surface area contributed by atoms with Crippen molar-refractivity contribution in [3.05, 3.63) is 54.1 Å². The predicted molar refractivity (Wildman–Crippen MR) is 126 cm³/mol. The van der Waals surface area contributed by atoms with Crippen LogP contribution in [0.15, 0.2) is 42.7 Å². The van der Waals surface area contributed by atoms with Gasteiger partial charge in [-0.25, -0.2) is 14.8 Å². The van der Waals surface area contributed by atoms with Gasteiger partial charge in [0.15, 0.2) is 0 Å². The van der Waals surface area contributed by atoms with Crippen molar-refractivity contribution in [1.82, 2.24) is 19.8 Å². The molecule has 1 saturated carbocycles. The fourth-order valence-electron chi connectivity index (χ4n) is 5.52. The quantitative estimate of drug-likeness (QED) is 0.604. The molecule has 8 nitrogen and oxygen atoms in total. The van der Waals surface area contributed by atoms with Crippen LogP contribution in [0.4, 0.5) is 10.5 Å². The minimum absolute atomic E-state index is 0.0172. The van der Waals surface area contributed by atoms with Gasteiger partial charge in [0, 0.05) is 25.8 Å². The average Bonchev–Trinajstić information content (AvgIpc) is 3.11. The Morgan fingerprint density at radius 2 is 1.79 bits per heavy atom. The van der Waals surface area contributed by atoms with Crippen molar-refractivity contribution in [2.45, 2.75) is 43.2 Å². The molecule has 2 fully saturated rings. The third-order valence-electron chi connectivity index (χ3n) is 7.44. The molecule has 2 heterocycles. The summed E-state index contributed by atoms with van der Waals surface area (Å²) in [5, 5.41) is 9.02. The van der Waals surface area contributed by atoms with Gasteiger partial charge in [-0.3, -0.25) is 9.80 Å². The number of nitrogens with zero attached hydrogens (tertiary/aromatic N) is 6. The highest BCUT2D eigenvalue weighted by atomic mass is 16.5. The summed E-state index contributed by atoms with van der Waals surface area (Å²) in [5.74, 6) is 0.105. The summed E-state index contributed by atoms with van der Waals surface area (Å²) >= 11 is 0. The Balaban J connectivity index is 1.62. The Labute approximate surface area is 195 Å². The topological polar surface area (TPSA) is 85.6 Å². The van der Waals surface area contributed by atoms with E-state index in [0.29, 0.717) is 25.4 Å². The highest BCUT2D eigenvalue weighted by Crippen LogP contribution is 2.49. The van der Waals surface area contributed by atoms with Gasteiger partial charge in [0.05, 0.1) is 30.2 Å². The molecule has 0 unspecified atom stereocenters. The number of methoxy groups -OCH3 is 1. The standard InChI is InChI=1S/C25H32N6O2/c1-29(2)25(20-8-5-4-6-9-20)12-10-24(11-13-25)19-30(21-17-27-22(16-26)28-18-21)23(32)31(24)14-7-15-33-3/h4-6,8-9,17-18H,7,10-15,19H2,1-3H3. The number of nitriles is 1. The number of rotatable bonds is 7. The molecule has 0 radical (unpaired) electrons. The third kappa shape index (κ3) is 4.19. The maximum Gasteiger partial charge on any atom is 0.325 e. The monoisotopic (exact) mass is 448 g/mol. The SMILES string of the molecule is COCCCN1C(=O)N(c2cnc(C#N)nc2)CC12CCC(c1ccccc1)(N(C)C)CC2. The minimum Gasteiger partial charge on any atom is -0.385 e. The van der Waals surface area contributed by atoms with E-state index in [9.17, 15) is 4.79 Å². The Bertz CT molecular complexity index is 994. The van der Waals surface area contributed by atoms with Crippen LogP contribution in [0.25, 0.3) is 0 Å². The first-order valence-corrected chi connectivity index (χ1v) is 11.5. The van der Waals surface area contributed by atoms with E-state index in [1.165, 1.54) is 5.56 Å². The lowest BCUT2D eigenvalue weighted by Crippen LogP contribution is -2.55. The molecule has 1 aromatic carbocycles. The number of benzene rings is 1. The largest absolute Gasteiger partial charge is 0.385 e. The molecular weight excluding hydrogens is 416 g/mol. The van der Waals surface area contributed by atoms with E-state index >= 15 is 0 Å². The summed E-state index contributed by atoms with van der Waals surface area (Å²) < 4.78 is 5.26. The van der Waals surface area contributed by atoms with E-state index in [1.54, 1.807) is 24.4 Å². The van der Waals surface area contributed by atoms with Crippen LogP contribution >= 0.6 is 0 Å². The number of urea groups is 1. The van der Waals surface area contributed by atoms with Gasteiger partial charge in [-0.2, -0.15) is 5.26 Å². The van der Waals surface area contributed by atoms with Crippen LogP contribution in [0.2, 0.25) is 0 Å². The lowest BCUT2D eigenvalue weighted by Gasteiger charge is -2.51. The molecule has 33 heavy (non-hydrogen) atoms. The van der Waals surface area contributed by atoms with E-state index in [0.717, 1.165) is 32.1 Å². The second kappa shape index (κ2) is 9.46. The second-order valence-corrected chi connectivity index (χ2v) is 9.26. The van der Waals surface area contributed by atoms with Gasteiger partial charge >= 0.3 is 6.03 Å². The molecule has 2 aromatic rings. The molecule has 1 saturated heterocycles. The predicted octanol–water partition coefficient (Wildman–Crippen LogP) is 3.40. The Morgan fingerprint density at radius 3 is 2.36 bits per heavy atom. The molecular formula is C25H32N6O2. The second-order valence-electron chi connectivity index (χ2n) is 9.26. The first-order chi connectivity index (χ1) is 16.0. The molecule has 8 heteroatoms. The summed E-state index contributed by atoms with van der Waals surface area (Å²) in [7, 11) is 6.00. The summed E-state index contributed by atoms with van der Waals surface area (Å²) in [6, 6.07) is 12.6. The average molecular weight is 449 g/mol. The highest BCUT2D eigenvalue weighted by molar-refractivity contribution is 5.95. The molecule has 1 aliphatic heterocycles. The number of hydrogen-bond acceptors (Lipinski definition) is 6. The fraction of sp³-hybridized carbons (Fsp3) is 0.520. The van der Waals surface area contributed by atoms with Crippen molar-refractivity contribution < 1.29 is 9.53 Å². The van der Waals surface area contributed by atoms with Crippen molar-refractivity contribution in [3.63, 3.8) is 0 Å². The molecule has 1 spiro atoms. The van der Waals surface area contributed by atoms with Crippen LogP contribution in [0.1, 0.15) is 43.5 Å². The highest BCUT2D eigenvalue weighted by Gasteiger charge is 2.54. The molecule has 1 aromatic heterocycles. The number of carbonyl (C=O) groups excluding carboxylic acids is 1. The molecule has 2 amide bonds. The van der Waals surface area contributed by atoms with Crippen LogP contribution in [0, 0.1) is 11.3 Å². The van der Waals surface area contributed by atoms with E-state index < -0.39 is 0 Å². The Hall–Kier alpha value is -3.02. The zero-order chi connectivity index (χ0) is 23.5. The van der Waals surface area contributed by atoms with Crippen LogP contribution < -0.4 is 4.90 Å². The van der Waals surface area contributed by atoms with E-state index in [-0.39, 0.29) is 22.9 Å². The van der Waals surface area contributed by atoms with Crippen molar-refractivity contribution in [3.8, 4) is 6.07 Å². The molecule has 174 valence electrons. The van der Waals surface area contributed by atoms with Crippen LogP contribution in [0.3, 0.4) is 0 Å². The van der Waals surface area contributed by atoms with Gasteiger partial charge in [0.2, 0.25) is 5.82 Å². The van der Waals surface area contributed by atoms with Gasteiger partial charge in [0.1, 0.15) is 6.07 Å². The maximum atomic E-state index is 13.6. The van der Waals surface area contributed by atoms with Gasteiger partial charge in [-0.1, -0.05) is 30.3 Å². The minimum atomic E-state index is -0.243. The normalized spacial score (nSPS) is 25.1. The van der Waals surface area contributed by atoms with E-state index in [4.69, 9.17) is 10.00 Å². The van der Waals surface area contributed by atoms with Crippen LogP contribution in [0.5, 0.6) is 0 Å². The van der Waals surface area contributed by atoms with Crippen molar-refractivity contribution in [2.75, 3.05) is 45.8 Å². The van der Waals surface area contributed by atoms with Gasteiger partial charge in [0.25, 0.3) is 0 Å². The zero-order valence-electron chi connectivity index (χ0n) is 19.7. The van der Waals surface area contributed by atoms with Crippen molar-refractivity contribution in [1.29, 1.82) is 5.26 Å². The van der Waals surface area contributed by atoms with E-state index in [2.05, 4.69) is 64.2 Å². The summed E-state index contributed by atoms with van der Waals surface area (Å²) in [6.45, 7) is 1.87. The number of ether oxygens (including phenoxy) is 1. The summed E-state index contributed by atoms with van der Waals surface area (Å²) in [4.78, 5) is 27.9. The molecule has 0 bridgehead atoms. The van der Waals surface area contributed by atoms with Gasteiger partial charge < -0.3 is 9.64 Å². The number of carbonyl (C=O) groups is 1. The zero-order valence-corrected chi connectivity index (χ0v) is 19.7. The molecule has 4 rings (SSSR count). The fourth-order valence-corrected chi connectivity index (χ4v) is 5.52. The lowest BCUT2D eigenvalue weighted by atomic mass is 9.68. The van der Waals surface area contributed by atoms with E-state index in [1.807, 2.05) is 6.07 Å². The van der Waals surface area contributed by atoms with Crippen molar-refractivity contribution in [2.24, 2.45) is 0 Å². The molecule has 0 atom stereocenters. The molecule has 0 N–H and O–H groups in total. The maximum absolute atomic E-state index is 13.6. The lowest BCUT2D eigenvalue weighted by molar-refractivity contribution is 0.0240. The smallest absolute Gasteiger partial charge is 0.325 e. The van der Waals surface area contributed by atoms with Gasteiger partial charge in [-0.15, -0.1) is 0 Å². The Morgan fingerprint density at radius 1 is 1.12 bits per heavy atom. The molecule has 2 aliphatic rings. The first kappa shape index (κ1) is 23.1. The summed E-state index contributed by atoms with van der Waals surface area (Å²) in [5.41, 5.74) is 1.68. The van der Waals surface area contributed by atoms with Crippen LogP contribution in [-0.4, -0.2) is 72.2 Å². The first-order valence-electron chi connectivity index (χ1n) is 11.5. The molecule has 1 aliphatic carbocycles. The number of anilines is 1. The Kier molecular flexibility index (Phi) is 6.63. The van der Waals surface area contributed by atoms with Gasteiger partial charge in [-0.05, 0) is 51.8 Å². The third-order valence-corrected chi connectivity index (χ3v) is 7.44.